The zero-order chi connectivity index (χ0) is 16.1. The first-order chi connectivity index (χ1) is 11.2. The number of halogens is 1. The molecule has 0 bridgehead atoms. The van der Waals surface area contributed by atoms with Crippen molar-refractivity contribution >= 4 is 23.3 Å². The number of piperidine rings is 1. The molecule has 23 heavy (non-hydrogen) atoms. The van der Waals surface area contributed by atoms with E-state index in [1.54, 1.807) is 18.6 Å². The van der Waals surface area contributed by atoms with E-state index in [9.17, 15) is 4.79 Å². The van der Waals surface area contributed by atoms with Crippen LogP contribution in [0.3, 0.4) is 0 Å². The molecule has 3 heterocycles. The molecular formula is C16H18ClN5O. The number of rotatable bonds is 4. The molecule has 1 aliphatic rings. The van der Waals surface area contributed by atoms with Gasteiger partial charge in [0.1, 0.15) is 11.3 Å². The second-order valence-corrected chi connectivity index (χ2v) is 5.94. The summed E-state index contributed by atoms with van der Waals surface area (Å²) in [5.41, 5.74) is 1.01. The van der Waals surface area contributed by atoms with Crippen molar-refractivity contribution in [3.8, 4) is 0 Å². The van der Waals surface area contributed by atoms with Crippen LogP contribution in [0.25, 0.3) is 0 Å². The molecule has 1 aliphatic heterocycles. The summed E-state index contributed by atoms with van der Waals surface area (Å²) in [4.78, 5) is 26.6. The molecule has 2 aromatic rings. The molecule has 3 rings (SSSR count). The summed E-state index contributed by atoms with van der Waals surface area (Å²) in [6.45, 7) is 2.05. The highest BCUT2D eigenvalue weighted by Crippen LogP contribution is 2.26. The first-order valence-electron chi connectivity index (χ1n) is 7.61. The quantitative estimate of drug-likeness (QED) is 0.928. The molecule has 1 fully saturated rings. The number of carbonyl (C=O) groups is 1. The molecule has 7 heteroatoms. The van der Waals surface area contributed by atoms with Crippen LogP contribution in [-0.4, -0.2) is 33.9 Å². The van der Waals surface area contributed by atoms with E-state index in [-0.39, 0.29) is 11.8 Å². The minimum atomic E-state index is 0.0311. The van der Waals surface area contributed by atoms with Gasteiger partial charge >= 0.3 is 0 Å². The van der Waals surface area contributed by atoms with Crippen molar-refractivity contribution in [2.45, 2.75) is 19.4 Å². The molecule has 1 amide bonds. The predicted octanol–water partition coefficient (Wildman–Crippen LogP) is 2.06. The average molecular weight is 332 g/mol. The predicted molar refractivity (Wildman–Crippen MR) is 88.1 cm³/mol. The summed E-state index contributed by atoms with van der Waals surface area (Å²) in [6, 6.07) is 3.82. The van der Waals surface area contributed by atoms with Gasteiger partial charge in [0.2, 0.25) is 5.91 Å². The Labute approximate surface area is 139 Å². The SMILES string of the molecule is O=C(NCc1cccnc1)C1CCN(c2ncncc2Cl)CC1. The monoisotopic (exact) mass is 331 g/mol. The number of anilines is 1. The van der Waals surface area contributed by atoms with Gasteiger partial charge in [-0.15, -0.1) is 0 Å². The molecule has 0 spiro atoms. The lowest BCUT2D eigenvalue weighted by atomic mass is 9.96. The van der Waals surface area contributed by atoms with E-state index in [0.29, 0.717) is 11.6 Å². The number of nitrogens with one attached hydrogen (secondary N) is 1. The number of amides is 1. The molecule has 0 aromatic carbocycles. The summed E-state index contributed by atoms with van der Waals surface area (Å²) in [5.74, 6) is 0.877. The Kier molecular flexibility index (Phi) is 5.02. The van der Waals surface area contributed by atoms with Gasteiger partial charge < -0.3 is 10.2 Å². The van der Waals surface area contributed by atoms with Crippen molar-refractivity contribution in [1.29, 1.82) is 0 Å². The summed E-state index contributed by atoms with van der Waals surface area (Å²) < 4.78 is 0. The minimum Gasteiger partial charge on any atom is -0.355 e. The average Bonchev–Trinajstić information content (AvgIpc) is 2.61. The molecule has 6 nitrogen and oxygen atoms in total. The molecule has 0 aliphatic carbocycles. The van der Waals surface area contributed by atoms with Crippen molar-refractivity contribution < 1.29 is 4.79 Å². The molecular weight excluding hydrogens is 314 g/mol. The standard InChI is InChI=1S/C16H18ClN5O/c17-14-10-19-11-21-15(14)22-6-3-13(4-7-22)16(23)20-9-12-2-1-5-18-8-12/h1-2,5,8,10-11,13H,3-4,6-7,9H2,(H,20,23). The van der Waals surface area contributed by atoms with Crippen molar-refractivity contribution in [3.05, 3.63) is 47.6 Å². The third kappa shape index (κ3) is 3.96. The van der Waals surface area contributed by atoms with Gasteiger partial charge in [-0.2, -0.15) is 0 Å². The summed E-state index contributed by atoms with van der Waals surface area (Å²) in [7, 11) is 0. The van der Waals surface area contributed by atoms with E-state index in [1.807, 2.05) is 12.1 Å². The zero-order valence-corrected chi connectivity index (χ0v) is 13.4. The molecule has 120 valence electrons. The van der Waals surface area contributed by atoms with Gasteiger partial charge in [0, 0.05) is 37.9 Å². The molecule has 0 saturated carbocycles. The van der Waals surface area contributed by atoms with E-state index in [1.165, 1.54) is 6.33 Å². The molecule has 1 saturated heterocycles. The zero-order valence-electron chi connectivity index (χ0n) is 12.7. The number of hydrogen-bond donors (Lipinski definition) is 1. The van der Waals surface area contributed by atoms with Gasteiger partial charge in [-0.1, -0.05) is 17.7 Å². The van der Waals surface area contributed by atoms with Crippen LogP contribution >= 0.6 is 11.6 Å². The molecule has 0 unspecified atom stereocenters. The Morgan fingerprint density at radius 3 is 2.83 bits per heavy atom. The summed E-state index contributed by atoms with van der Waals surface area (Å²) in [5, 5.41) is 3.53. The lowest BCUT2D eigenvalue weighted by Crippen LogP contribution is -2.40. The van der Waals surface area contributed by atoms with Crippen LogP contribution in [0.1, 0.15) is 18.4 Å². The third-order valence-electron chi connectivity index (χ3n) is 4.00. The third-order valence-corrected chi connectivity index (χ3v) is 4.27. The number of pyridine rings is 1. The lowest BCUT2D eigenvalue weighted by molar-refractivity contribution is -0.125. The van der Waals surface area contributed by atoms with Crippen LogP contribution in [0.2, 0.25) is 5.02 Å². The van der Waals surface area contributed by atoms with E-state index in [2.05, 4.69) is 25.2 Å². The largest absolute Gasteiger partial charge is 0.355 e. The first kappa shape index (κ1) is 15.7. The number of aromatic nitrogens is 3. The van der Waals surface area contributed by atoms with Crippen LogP contribution in [0.4, 0.5) is 5.82 Å². The van der Waals surface area contributed by atoms with Crippen LogP contribution in [0.5, 0.6) is 0 Å². The molecule has 2 aromatic heterocycles. The number of nitrogens with zero attached hydrogens (tertiary/aromatic N) is 4. The minimum absolute atomic E-state index is 0.0311. The fraction of sp³-hybridized carbons (Fsp3) is 0.375. The van der Waals surface area contributed by atoms with Crippen molar-refractivity contribution in [3.63, 3.8) is 0 Å². The number of carbonyl (C=O) groups excluding carboxylic acids is 1. The van der Waals surface area contributed by atoms with Gasteiger partial charge in [-0.25, -0.2) is 9.97 Å². The smallest absolute Gasteiger partial charge is 0.223 e. The van der Waals surface area contributed by atoms with Gasteiger partial charge in [-0.3, -0.25) is 9.78 Å². The fourth-order valence-corrected chi connectivity index (χ4v) is 2.95. The van der Waals surface area contributed by atoms with Crippen molar-refractivity contribution in [2.75, 3.05) is 18.0 Å². The van der Waals surface area contributed by atoms with Crippen molar-refractivity contribution in [2.24, 2.45) is 5.92 Å². The van der Waals surface area contributed by atoms with Gasteiger partial charge in [0.25, 0.3) is 0 Å². The Hall–Kier alpha value is -2.21. The topological polar surface area (TPSA) is 71.0 Å². The Bertz CT molecular complexity index is 659. The maximum atomic E-state index is 12.3. The van der Waals surface area contributed by atoms with Crippen LogP contribution in [0.15, 0.2) is 37.1 Å². The Morgan fingerprint density at radius 2 is 2.13 bits per heavy atom. The van der Waals surface area contributed by atoms with E-state index in [4.69, 9.17) is 11.6 Å². The summed E-state index contributed by atoms with van der Waals surface area (Å²) >= 11 is 6.12. The second kappa shape index (κ2) is 7.37. The van der Waals surface area contributed by atoms with E-state index >= 15 is 0 Å². The molecule has 0 radical (unpaired) electrons. The highest BCUT2D eigenvalue weighted by molar-refractivity contribution is 6.32. The maximum absolute atomic E-state index is 12.3. The Morgan fingerprint density at radius 1 is 1.30 bits per heavy atom. The van der Waals surface area contributed by atoms with Crippen LogP contribution in [-0.2, 0) is 11.3 Å². The Balaban J connectivity index is 1.50. The van der Waals surface area contributed by atoms with E-state index in [0.717, 1.165) is 37.3 Å². The van der Waals surface area contributed by atoms with Crippen LogP contribution in [0, 0.1) is 5.92 Å². The van der Waals surface area contributed by atoms with Gasteiger partial charge in [0.05, 0.1) is 6.20 Å². The highest BCUT2D eigenvalue weighted by Gasteiger charge is 2.26. The first-order valence-corrected chi connectivity index (χ1v) is 7.99. The lowest BCUT2D eigenvalue weighted by Gasteiger charge is -2.32. The normalized spacial score (nSPS) is 15.4. The van der Waals surface area contributed by atoms with Gasteiger partial charge in [-0.05, 0) is 24.5 Å². The summed E-state index contributed by atoms with van der Waals surface area (Å²) in [6.07, 6.45) is 8.15. The maximum Gasteiger partial charge on any atom is 0.223 e. The van der Waals surface area contributed by atoms with Gasteiger partial charge in [0.15, 0.2) is 5.82 Å². The molecule has 1 N–H and O–H groups in total. The van der Waals surface area contributed by atoms with E-state index < -0.39 is 0 Å². The fourth-order valence-electron chi connectivity index (χ4n) is 2.73. The van der Waals surface area contributed by atoms with Crippen LogP contribution < -0.4 is 10.2 Å². The molecule has 0 atom stereocenters. The van der Waals surface area contributed by atoms with Crippen molar-refractivity contribution in [1.82, 2.24) is 20.3 Å². The number of hydrogen-bond acceptors (Lipinski definition) is 5. The highest BCUT2D eigenvalue weighted by atomic mass is 35.5. The second-order valence-electron chi connectivity index (χ2n) is 5.53.